The van der Waals surface area contributed by atoms with Crippen molar-refractivity contribution in [3.05, 3.63) is 101 Å². The topological polar surface area (TPSA) is 165 Å². The van der Waals surface area contributed by atoms with Crippen LogP contribution in [0.15, 0.2) is 83.8 Å². The fourth-order valence-corrected chi connectivity index (χ4v) is 4.39. The van der Waals surface area contributed by atoms with Crippen LogP contribution in [0.3, 0.4) is 0 Å². The first-order valence-electron chi connectivity index (χ1n) is 12.7. The van der Waals surface area contributed by atoms with Gasteiger partial charge in [0, 0.05) is 28.8 Å². The standard InChI is InChI=1S/C30H30N4O6S/c1-2-19-32-30(38)26(34-29(37)24-15-17-25(18-16-24)41(31,39)40)10-6-7-20-33-28(36)23-13-11-22(12-14-23)27(35)21-8-4-3-5-9-21/h1,3-5,8-9,11-18,26H,6-7,10,19-20H2,(H,32,38)(H,33,36)(H,34,37)(H2,31,39,40)/t26-/m0/s1. The number of primary sulfonamides is 1. The second-order valence-electron chi connectivity index (χ2n) is 9.04. The monoisotopic (exact) mass is 574 g/mol. The summed E-state index contributed by atoms with van der Waals surface area (Å²) in [6, 6.07) is 19.3. The molecular formula is C30H30N4O6S. The maximum absolute atomic E-state index is 12.7. The van der Waals surface area contributed by atoms with Gasteiger partial charge in [0.15, 0.2) is 5.78 Å². The number of hydrogen-bond donors (Lipinski definition) is 4. The highest BCUT2D eigenvalue weighted by Gasteiger charge is 2.21. The predicted octanol–water partition coefficient (Wildman–Crippen LogP) is 2.01. The SMILES string of the molecule is C#CCNC(=O)[C@H](CCCCNC(=O)c1ccc(C(=O)c2ccccc2)cc1)NC(=O)c1ccc(S(N)(=O)=O)cc1. The number of ketones is 1. The maximum atomic E-state index is 12.7. The van der Waals surface area contributed by atoms with E-state index in [1.165, 1.54) is 24.3 Å². The average Bonchev–Trinajstić information content (AvgIpc) is 2.98. The third-order valence-corrected chi connectivity index (χ3v) is 7.01. The molecule has 0 heterocycles. The van der Waals surface area contributed by atoms with Crippen molar-refractivity contribution in [1.29, 1.82) is 0 Å². The molecule has 3 rings (SSSR count). The highest BCUT2D eigenvalue weighted by molar-refractivity contribution is 7.89. The molecule has 0 aliphatic rings. The van der Waals surface area contributed by atoms with Crippen molar-refractivity contribution < 1.29 is 27.6 Å². The molecule has 0 aliphatic heterocycles. The van der Waals surface area contributed by atoms with Gasteiger partial charge in [-0.2, -0.15) is 0 Å². The van der Waals surface area contributed by atoms with E-state index in [0.29, 0.717) is 36.1 Å². The second kappa shape index (κ2) is 14.6. The Labute approximate surface area is 238 Å². The van der Waals surface area contributed by atoms with Crippen LogP contribution in [0, 0.1) is 12.3 Å². The van der Waals surface area contributed by atoms with E-state index in [1.54, 1.807) is 48.5 Å². The van der Waals surface area contributed by atoms with E-state index in [0.717, 1.165) is 0 Å². The molecule has 0 saturated carbocycles. The van der Waals surface area contributed by atoms with Crippen molar-refractivity contribution in [3.63, 3.8) is 0 Å². The van der Waals surface area contributed by atoms with E-state index in [2.05, 4.69) is 21.9 Å². The van der Waals surface area contributed by atoms with Gasteiger partial charge in [-0.05, 0) is 55.7 Å². The van der Waals surface area contributed by atoms with Crippen molar-refractivity contribution in [2.45, 2.75) is 30.2 Å². The first-order chi connectivity index (χ1) is 19.6. The van der Waals surface area contributed by atoms with Crippen LogP contribution in [0.25, 0.3) is 0 Å². The van der Waals surface area contributed by atoms with Gasteiger partial charge in [0.25, 0.3) is 11.8 Å². The van der Waals surface area contributed by atoms with Gasteiger partial charge in [-0.1, -0.05) is 48.4 Å². The molecule has 0 radical (unpaired) electrons. The van der Waals surface area contributed by atoms with Gasteiger partial charge in [0.05, 0.1) is 11.4 Å². The lowest BCUT2D eigenvalue weighted by Crippen LogP contribution is -2.46. The zero-order valence-electron chi connectivity index (χ0n) is 22.1. The molecule has 41 heavy (non-hydrogen) atoms. The molecule has 11 heteroatoms. The van der Waals surface area contributed by atoms with Gasteiger partial charge < -0.3 is 16.0 Å². The third-order valence-electron chi connectivity index (χ3n) is 6.08. The molecule has 0 fully saturated rings. The molecule has 3 amide bonds. The number of hydrogen-bond acceptors (Lipinski definition) is 6. The normalized spacial score (nSPS) is 11.5. The van der Waals surface area contributed by atoms with Gasteiger partial charge >= 0.3 is 0 Å². The van der Waals surface area contributed by atoms with Crippen LogP contribution in [-0.4, -0.2) is 51.1 Å². The van der Waals surface area contributed by atoms with Crippen LogP contribution < -0.4 is 21.1 Å². The minimum absolute atomic E-state index is 0.0138. The van der Waals surface area contributed by atoms with Gasteiger partial charge in [-0.3, -0.25) is 19.2 Å². The van der Waals surface area contributed by atoms with E-state index >= 15 is 0 Å². The van der Waals surface area contributed by atoms with Crippen molar-refractivity contribution in [2.75, 3.05) is 13.1 Å². The second-order valence-corrected chi connectivity index (χ2v) is 10.6. The minimum Gasteiger partial charge on any atom is -0.352 e. The first-order valence-corrected chi connectivity index (χ1v) is 14.3. The summed E-state index contributed by atoms with van der Waals surface area (Å²) in [5.41, 5.74) is 1.59. The Hall–Kier alpha value is -4.79. The third kappa shape index (κ3) is 9.13. The number of amides is 3. The van der Waals surface area contributed by atoms with E-state index in [4.69, 9.17) is 11.6 Å². The van der Waals surface area contributed by atoms with E-state index in [9.17, 15) is 27.6 Å². The first kappa shape index (κ1) is 30.7. The van der Waals surface area contributed by atoms with Gasteiger partial charge in [0.2, 0.25) is 15.9 Å². The smallest absolute Gasteiger partial charge is 0.251 e. The molecule has 0 saturated heterocycles. The number of sulfonamides is 1. The molecule has 5 N–H and O–H groups in total. The summed E-state index contributed by atoms with van der Waals surface area (Å²) in [6.45, 7) is 0.311. The highest BCUT2D eigenvalue weighted by atomic mass is 32.2. The quantitative estimate of drug-likeness (QED) is 0.139. The molecule has 0 bridgehead atoms. The number of terminal acetylenes is 1. The molecule has 3 aromatic rings. The van der Waals surface area contributed by atoms with Crippen LogP contribution >= 0.6 is 0 Å². The fourth-order valence-electron chi connectivity index (χ4n) is 3.87. The van der Waals surface area contributed by atoms with Gasteiger partial charge in [0.1, 0.15) is 6.04 Å². The number of rotatable bonds is 13. The van der Waals surface area contributed by atoms with Crippen molar-refractivity contribution >= 4 is 33.5 Å². The Bertz CT molecular complexity index is 1530. The number of carbonyl (C=O) groups excluding carboxylic acids is 4. The number of benzene rings is 3. The lowest BCUT2D eigenvalue weighted by molar-refractivity contribution is -0.122. The van der Waals surface area contributed by atoms with Crippen LogP contribution in [0.2, 0.25) is 0 Å². The van der Waals surface area contributed by atoms with Crippen molar-refractivity contribution in [1.82, 2.24) is 16.0 Å². The molecule has 0 unspecified atom stereocenters. The minimum atomic E-state index is -3.91. The summed E-state index contributed by atoms with van der Waals surface area (Å²) >= 11 is 0. The summed E-state index contributed by atoms with van der Waals surface area (Å²) in [7, 11) is -3.91. The maximum Gasteiger partial charge on any atom is 0.251 e. The van der Waals surface area contributed by atoms with Crippen LogP contribution in [0.1, 0.15) is 55.9 Å². The lowest BCUT2D eigenvalue weighted by atomic mass is 10.0. The molecule has 212 valence electrons. The highest BCUT2D eigenvalue weighted by Crippen LogP contribution is 2.12. The molecule has 10 nitrogen and oxygen atoms in total. The molecule has 1 atom stereocenters. The van der Waals surface area contributed by atoms with E-state index < -0.39 is 27.9 Å². The van der Waals surface area contributed by atoms with Crippen LogP contribution in [0.5, 0.6) is 0 Å². The van der Waals surface area contributed by atoms with Gasteiger partial charge in [-0.25, -0.2) is 13.6 Å². The summed E-state index contributed by atoms with van der Waals surface area (Å²) in [5.74, 6) is 0.825. The lowest BCUT2D eigenvalue weighted by Gasteiger charge is -2.18. The number of carbonyl (C=O) groups is 4. The average molecular weight is 575 g/mol. The predicted molar refractivity (Wildman–Crippen MR) is 153 cm³/mol. The summed E-state index contributed by atoms with van der Waals surface area (Å²) in [5, 5.41) is 13.1. The zero-order chi connectivity index (χ0) is 29.8. The Balaban J connectivity index is 1.50. The Kier molecular flexibility index (Phi) is 10.9. The van der Waals surface area contributed by atoms with Crippen molar-refractivity contribution in [3.8, 4) is 12.3 Å². The van der Waals surface area contributed by atoms with Gasteiger partial charge in [-0.15, -0.1) is 6.42 Å². The Morgan fingerprint density at radius 1 is 0.756 bits per heavy atom. The van der Waals surface area contributed by atoms with Crippen LogP contribution in [0.4, 0.5) is 0 Å². The molecule has 0 aromatic heterocycles. The molecular weight excluding hydrogens is 544 g/mol. The number of nitrogens with one attached hydrogen (secondary N) is 3. The number of nitrogens with two attached hydrogens (primary N) is 1. The molecule has 3 aromatic carbocycles. The summed E-state index contributed by atoms with van der Waals surface area (Å²) in [6.07, 6.45) is 6.49. The molecule has 0 spiro atoms. The van der Waals surface area contributed by atoms with Crippen LogP contribution in [-0.2, 0) is 14.8 Å². The summed E-state index contributed by atoms with van der Waals surface area (Å²) < 4.78 is 22.9. The Morgan fingerprint density at radius 3 is 1.93 bits per heavy atom. The van der Waals surface area contributed by atoms with E-state index in [1.807, 2.05) is 6.07 Å². The van der Waals surface area contributed by atoms with Crippen molar-refractivity contribution in [2.24, 2.45) is 5.14 Å². The summed E-state index contributed by atoms with van der Waals surface area (Å²) in [4.78, 5) is 50.2. The zero-order valence-corrected chi connectivity index (χ0v) is 22.9. The fraction of sp³-hybridized carbons (Fsp3) is 0.200. The Morgan fingerprint density at radius 2 is 1.32 bits per heavy atom. The largest absolute Gasteiger partial charge is 0.352 e. The number of unbranched alkanes of at least 4 members (excludes halogenated alkanes) is 1. The molecule has 0 aliphatic carbocycles. The van der Waals surface area contributed by atoms with E-state index in [-0.39, 0.29) is 35.1 Å².